The van der Waals surface area contributed by atoms with Crippen LogP contribution in [0.25, 0.3) is 0 Å². The highest BCUT2D eigenvalue weighted by molar-refractivity contribution is 5.78. The number of rotatable bonds is 6. The van der Waals surface area contributed by atoms with Crippen molar-refractivity contribution < 1.29 is 14.3 Å². The van der Waals surface area contributed by atoms with Crippen LogP contribution < -0.4 is 5.73 Å². The number of carbonyl (C=O) groups is 1. The summed E-state index contributed by atoms with van der Waals surface area (Å²) in [5.41, 5.74) is 7.98. The molecule has 1 fully saturated rings. The van der Waals surface area contributed by atoms with Gasteiger partial charge in [-0.1, -0.05) is 31.2 Å². The molecule has 1 aromatic rings. The highest BCUT2D eigenvalue weighted by Gasteiger charge is 2.26. The van der Waals surface area contributed by atoms with Crippen LogP contribution in [0.4, 0.5) is 4.79 Å². The Labute approximate surface area is 168 Å². The highest BCUT2D eigenvalue weighted by Crippen LogP contribution is 2.14. The van der Waals surface area contributed by atoms with Gasteiger partial charge in [0.15, 0.2) is 5.96 Å². The van der Waals surface area contributed by atoms with Gasteiger partial charge in [-0.2, -0.15) is 0 Å². The highest BCUT2D eigenvalue weighted by atomic mass is 16.6. The second-order valence-electron chi connectivity index (χ2n) is 7.95. The molecule has 1 aliphatic heterocycles. The van der Waals surface area contributed by atoms with Crippen LogP contribution in [0.2, 0.25) is 0 Å². The standard InChI is InChI=1S/C21H34N4O3/c1-5-14-27-16-18-9-7-6-8-17(18)15-23-19(22)24-10-12-25(13-11-24)20(26)28-21(2,3)4/h6-9H,5,10-16H2,1-4H3,(H2,22,23). The summed E-state index contributed by atoms with van der Waals surface area (Å²) in [5.74, 6) is 0.508. The van der Waals surface area contributed by atoms with Gasteiger partial charge in [-0.3, -0.25) is 0 Å². The van der Waals surface area contributed by atoms with E-state index in [0.29, 0.717) is 45.3 Å². The first-order valence-electron chi connectivity index (χ1n) is 9.97. The Kier molecular flexibility index (Phi) is 8.11. The first kappa shape index (κ1) is 22.0. The molecule has 1 aliphatic rings. The summed E-state index contributed by atoms with van der Waals surface area (Å²) in [6.07, 6.45) is 0.728. The number of benzene rings is 1. The predicted octanol–water partition coefficient (Wildman–Crippen LogP) is 2.98. The number of aliphatic imine (C=N–C) groups is 1. The van der Waals surface area contributed by atoms with Crippen molar-refractivity contribution >= 4 is 12.1 Å². The van der Waals surface area contributed by atoms with Crippen LogP contribution in [0.3, 0.4) is 0 Å². The molecule has 7 heteroatoms. The number of ether oxygens (including phenoxy) is 2. The molecule has 1 saturated heterocycles. The van der Waals surface area contributed by atoms with Crippen molar-refractivity contribution in [2.75, 3.05) is 32.8 Å². The van der Waals surface area contributed by atoms with E-state index in [9.17, 15) is 4.79 Å². The van der Waals surface area contributed by atoms with E-state index in [1.807, 2.05) is 37.8 Å². The Hall–Kier alpha value is -2.28. The molecule has 1 heterocycles. The third kappa shape index (κ3) is 7.03. The molecule has 0 radical (unpaired) electrons. The second kappa shape index (κ2) is 10.3. The maximum Gasteiger partial charge on any atom is 0.410 e. The Morgan fingerprint density at radius 2 is 1.71 bits per heavy atom. The molecular weight excluding hydrogens is 356 g/mol. The molecular formula is C21H34N4O3. The lowest BCUT2D eigenvalue weighted by Crippen LogP contribution is -2.53. The first-order valence-corrected chi connectivity index (χ1v) is 9.97. The summed E-state index contributed by atoms with van der Waals surface area (Å²) in [6, 6.07) is 8.14. The van der Waals surface area contributed by atoms with Crippen LogP contribution >= 0.6 is 0 Å². The minimum atomic E-state index is -0.483. The quantitative estimate of drug-likeness (QED) is 0.459. The van der Waals surface area contributed by atoms with Crippen LogP contribution in [0, 0.1) is 0 Å². The van der Waals surface area contributed by atoms with Crippen LogP contribution in [0.15, 0.2) is 29.3 Å². The Balaban J connectivity index is 1.87. The molecule has 156 valence electrons. The zero-order valence-electron chi connectivity index (χ0n) is 17.6. The largest absolute Gasteiger partial charge is 0.444 e. The van der Waals surface area contributed by atoms with Crippen molar-refractivity contribution in [3.63, 3.8) is 0 Å². The third-order valence-corrected chi connectivity index (χ3v) is 4.39. The lowest BCUT2D eigenvalue weighted by Gasteiger charge is -2.36. The molecule has 1 aromatic carbocycles. The number of guanidine groups is 1. The van der Waals surface area contributed by atoms with E-state index in [1.165, 1.54) is 0 Å². The van der Waals surface area contributed by atoms with Gasteiger partial charge in [0.1, 0.15) is 5.60 Å². The molecule has 0 saturated carbocycles. The van der Waals surface area contributed by atoms with Crippen molar-refractivity contribution in [1.82, 2.24) is 9.80 Å². The average molecular weight is 391 g/mol. The fraction of sp³-hybridized carbons (Fsp3) is 0.619. The number of amides is 1. The van der Waals surface area contributed by atoms with E-state index in [-0.39, 0.29) is 6.09 Å². The van der Waals surface area contributed by atoms with Crippen LogP contribution in [0.1, 0.15) is 45.2 Å². The molecule has 28 heavy (non-hydrogen) atoms. The fourth-order valence-corrected chi connectivity index (χ4v) is 2.89. The molecule has 0 aromatic heterocycles. The van der Waals surface area contributed by atoms with E-state index in [0.717, 1.165) is 24.2 Å². The molecule has 0 aliphatic carbocycles. The van der Waals surface area contributed by atoms with Crippen LogP contribution in [0.5, 0.6) is 0 Å². The Bertz CT molecular complexity index is 662. The normalized spacial score (nSPS) is 15.6. The summed E-state index contributed by atoms with van der Waals surface area (Å²) >= 11 is 0. The summed E-state index contributed by atoms with van der Waals surface area (Å²) in [5, 5.41) is 0. The minimum absolute atomic E-state index is 0.274. The SMILES string of the molecule is CCCOCc1ccccc1CN=C(N)N1CCN(C(=O)OC(C)(C)C)CC1. The van der Waals surface area contributed by atoms with E-state index in [1.54, 1.807) is 4.90 Å². The van der Waals surface area contributed by atoms with Gasteiger partial charge < -0.3 is 25.0 Å². The lowest BCUT2D eigenvalue weighted by molar-refractivity contribution is 0.0186. The number of piperazine rings is 1. The molecule has 1 amide bonds. The smallest absolute Gasteiger partial charge is 0.410 e. The van der Waals surface area contributed by atoms with Gasteiger partial charge in [0, 0.05) is 32.8 Å². The molecule has 0 spiro atoms. The molecule has 2 N–H and O–H groups in total. The molecule has 0 unspecified atom stereocenters. The van der Waals surface area contributed by atoms with Crippen molar-refractivity contribution in [2.45, 2.75) is 52.9 Å². The van der Waals surface area contributed by atoms with Crippen LogP contribution in [-0.4, -0.2) is 60.2 Å². The van der Waals surface area contributed by atoms with Gasteiger partial charge >= 0.3 is 6.09 Å². The lowest BCUT2D eigenvalue weighted by atomic mass is 10.1. The number of nitrogens with two attached hydrogens (primary N) is 1. The van der Waals surface area contributed by atoms with E-state index < -0.39 is 5.60 Å². The molecule has 2 rings (SSSR count). The molecule has 7 nitrogen and oxygen atoms in total. The minimum Gasteiger partial charge on any atom is -0.444 e. The summed E-state index contributed by atoms with van der Waals surface area (Å²) in [7, 11) is 0. The summed E-state index contributed by atoms with van der Waals surface area (Å²) in [4.78, 5) is 20.5. The van der Waals surface area contributed by atoms with E-state index >= 15 is 0 Å². The number of hydrogen-bond donors (Lipinski definition) is 1. The Morgan fingerprint density at radius 3 is 2.32 bits per heavy atom. The predicted molar refractivity (Wildman–Crippen MR) is 111 cm³/mol. The number of nitrogens with zero attached hydrogens (tertiary/aromatic N) is 3. The van der Waals surface area contributed by atoms with Crippen molar-refractivity contribution in [3.05, 3.63) is 35.4 Å². The zero-order chi connectivity index (χ0) is 20.6. The van der Waals surface area contributed by atoms with E-state index in [2.05, 4.69) is 24.0 Å². The first-order chi connectivity index (χ1) is 13.3. The number of hydrogen-bond acceptors (Lipinski definition) is 4. The fourth-order valence-electron chi connectivity index (χ4n) is 2.89. The topological polar surface area (TPSA) is 80.4 Å². The van der Waals surface area contributed by atoms with Gasteiger partial charge in [0.25, 0.3) is 0 Å². The second-order valence-corrected chi connectivity index (χ2v) is 7.95. The summed E-state index contributed by atoms with van der Waals surface area (Å²) in [6.45, 7) is 12.0. The maximum absolute atomic E-state index is 12.2. The van der Waals surface area contributed by atoms with Crippen molar-refractivity contribution in [2.24, 2.45) is 10.7 Å². The van der Waals surface area contributed by atoms with Crippen LogP contribution in [-0.2, 0) is 22.6 Å². The van der Waals surface area contributed by atoms with Gasteiger partial charge in [-0.05, 0) is 38.3 Å². The third-order valence-electron chi connectivity index (χ3n) is 4.39. The maximum atomic E-state index is 12.2. The van der Waals surface area contributed by atoms with E-state index in [4.69, 9.17) is 15.2 Å². The van der Waals surface area contributed by atoms with Gasteiger partial charge in [-0.15, -0.1) is 0 Å². The van der Waals surface area contributed by atoms with Crippen molar-refractivity contribution in [3.8, 4) is 0 Å². The van der Waals surface area contributed by atoms with Gasteiger partial charge in [0.2, 0.25) is 0 Å². The molecule has 0 atom stereocenters. The average Bonchev–Trinajstić information content (AvgIpc) is 2.66. The van der Waals surface area contributed by atoms with Gasteiger partial charge in [0.05, 0.1) is 13.2 Å². The van der Waals surface area contributed by atoms with Crippen molar-refractivity contribution in [1.29, 1.82) is 0 Å². The monoisotopic (exact) mass is 390 g/mol. The number of carbonyl (C=O) groups excluding carboxylic acids is 1. The molecule has 0 bridgehead atoms. The summed E-state index contributed by atoms with van der Waals surface area (Å²) < 4.78 is 11.1. The Morgan fingerprint density at radius 1 is 1.11 bits per heavy atom. The van der Waals surface area contributed by atoms with Gasteiger partial charge in [-0.25, -0.2) is 9.79 Å². The zero-order valence-corrected chi connectivity index (χ0v) is 17.6.